The van der Waals surface area contributed by atoms with Gasteiger partial charge in [0.25, 0.3) is 5.56 Å². The molecule has 0 spiro atoms. The van der Waals surface area contributed by atoms with E-state index in [-0.39, 0.29) is 0 Å². The molecule has 1 atom stereocenters. The molecule has 1 aromatic rings. The van der Waals surface area contributed by atoms with Gasteiger partial charge in [-0.15, -0.1) is 0 Å². The van der Waals surface area contributed by atoms with Crippen LogP contribution in [0.1, 0.15) is 13.3 Å². The van der Waals surface area contributed by atoms with Crippen LogP contribution in [0, 0.1) is 0 Å². The first-order valence-electron chi connectivity index (χ1n) is 4.78. The second kappa shape index (κ2) is 5.14. The first-order valence-corrected chi connectivity index (χ1v) is 6.27. The molecule has 0 bridgehead atoms. The highest BCUT2D eigenvalue weighted by molar-refractivity contribution is 7.89. The molecule has 0 saturated heterocycles. The number of hydrogen-bond acceptors (Lipinski definition) is 5. The first kappa shape index (κ1) is 14.1. The number of carboxylic acids is 1. The lowest BCUT2D eigenvalue weighted by Gasteiger charge is -2.11. The summed E-state index contributed by atoms with van der Waals surface area (Å²) in [5.74, 6) is -1.18. The SMILES string of the molecule is CC(CC(=O)O)NS(=O)(=O)c1c[nH]c(=O)[nH]c1=O. The Kier molecular flexibility index (Phi) is 4.03. The highest BCUT2D eigenvalue weighted by Crippen LogP contribution is 2.01. The van der Waals surface area contributed by atoms with Crippen molar-refractivity contribution in [1.29, 1.82) is 0 Å². The molecule has 1 unspecified atom stereocenters. The largest absolute Gasteiger partial charge is 0.481 e. The van der Waals surface area contributed by atoms with Gasteiger partial charge in [0.2, 0.25) is 10.0 Å². The van der Waals surface area contributed by atoms with Gasteiger partial charge >= 0.3 is 11.7 Å². The first-order chi connectivity index (χ1) is 8.22. The average molecular weight is 277 g/mol. The molecule has 0 saturated carbocycles. The van der Waals surface area contributed by atoms with E-state index in [9.17, 15) is 22.8 Å². The quantitative estimate of drug-likeness (QED) is 0.499. The summed E-state index contributed by atoms with van der Waals surface area (Å²) in [4.78, 5) is 35.5. The van der Waals surface area contributed by atoms with E-state index in [4.69, 9.17) is 5.11 Å². The fourth-order valence-corrected chi connectivity index (χ4v) is 2.48. The fraction of sp³-hybridized carbons (Fsp3) is 0.375. The Bertz CT molecular complexity index is 658. The molecule has 0 radical (unpaired) electrons. The van der Waals surface area contributed by atoms with Crippen molar-refractivity contribution in [2.75, 3.05) is 0 Å². The van der Waals surface area contributed by atoms with Crippen LogP contribution in [0.25, 0.3) is 0 Å². The standard InChI is InChI=1S/C8H11N3O6S/c1-4(2-6(12)13)11-18(16,17)5-3-9-8(15)10-7(5)14/h3-4,11H,2H2,1H3,(H,12,13)(H2,9,10,14,15). The van der Waals surface area contributed by atoms with E-state index in [1.54, 1.807) is 4.98 Å². The maximum atomic E-state index is 11.7. The van der Waals surface area contributed by atoms with Crippen LogP contribution in [0.2, 0.25) is 0 Å². The predicted octanol–water partition coefficient (Wildman–Crippen LogP) is -1.80. The van der Waals surface area contributed by atoms with Gasteiger partial charge in [0.1, 0.15) is 0 Å². The van der Waals surface area contributed by atoms with Gasteiger partial charge in [-0.2, -0.15) is 0 Å². The lowest BCUT2D eigenvalue weighted by Crippen LogP contribution is -2.38. The van der Waals surface area contributed by atoms with E-state index in [0.29, 0.717) is 0 Å². The zero-order chi connectivity index (χ0) is 13.9. The van der Waals surface area contributed by atoms with Gasteiger partial charge in [-0.3, -0.25) is 14.6 Å². The fourth-order valence-electron chi connectivity index (χ4n) is 1.23. The maximum Gasteiger partial charge on any atom is 0.325 e. The van der Waals surface area contributed by atoms with Crippen LogP contribution < -0.4 is 16.0 Å². The normalized spacial score (nSPS) is 13.2. The van der Waals surface area contributed by atoms with Crippen molar-refractivity contribution in [3.05, 3.63) is 27.0 Å². The Hall–Kier alpha value is -1.94. The van der Waals surface area contributed by atoms with Crippen molar-refractivity contribution in [2.24, 2.45) is 0 Å². The van der Waals surface area contributed by atoms with Crippen LogP contribution >= 0.6 is 0 Å². The van der Waals surface area contributed by atoms with Crippen LogP contribution in [0.5, 0.6) is 0 Å². The van der Waals surface area contributed by atoms with Crippen LogP contribution in [0.15, 0.2) is 20.7 Å². The third-order valence-electron chi connectivity index (χ3n) is 1.91. The molecule has 0 fully saturated rings. The molecule has 0 amide bonds. The van der Waals surface area contributed by atoms with Gasteiger partial charge in [0.05, 0.1) is 6.42 Å². The van der Waals surface area contributed by atoms with Gasteiger partial charge in [0.15, 0.2) is 4.90 Å². The second-order valence-electron chi connectivity index (χ2n) is 3.56. The molecule has 0 aromatic carbocycles. The van der Waals surface area contributed by atoms with E-state index in [0.717, 1.165) is 6.20 Å². The van der Waals surface area contributed by atoms with E-state index in [1.165, 1.54) is 6.92 Å². The number of aromatic amines is 2. The van der Waals surface area contributed by atoms with Gasteiger partial charge in [0, 0.05) is 12.2 Å². The number of H-pyrrole nitrogens is 2. The number of hydrogen-bond donors (Lipinski definition) is 4. The number of nitrogens with one attached hydrogen (secondary N) is 3. The van der Waals surface area contributed by atoms with Gasteiger partial charge in [-0.25, -0.2) is 17.9 Å². The van der Waals surface area contributed by atoms with Gasteiger partial charge < -0.3 is 10.1 Å². The lowest BCUT2D eigenvalue weighted by atomic mass is 10.3. The molecule has 0 aliphatic heterocycles. The van der Waals surface area contributed by atoms with Gasteiger partial charge in [-0.1, -0.05) is 0 Å². The maximum absolute atomic E-state index is 11.7. The molecular formula is C8H11N3O6S. The van der Waals surface area contributed by atoms with Gasteiger partial charge in [-0.05, 0) is 6.92 Å². The van der Waals surface area contributed by atoms with Crippen molar-refractivity contribution in [1.82, 2.24) is 14.7 Å². The Morgan fingerprint density at radius 1 is 1.50 bits per heavy atom. The third-order valence-corrected chi connectivity index (χ3v) is 3.51. The molecule has 10 heteroatoms. The molecule has 1 rings (SSSR count). The molecular weight excluding hydrogens is 266 g/mol. The molecule has 1 heterocycles. The topological polar surface area (TPSA) is 149 Å². The van der Waals surface area contributed by atoms with E-state index < -0.39 is 44.6 Å². The van der Waals surface area contributed by atoms with E-state index in [1.807, 2.05) is 9.71 Å². The highest BCUT2D eigenvalue weighted by atomic mass is 32.2. The Balaban J connectivity index is 3.04. The number of aromatic nitrogens is 2. The predicted molar refractivity (Wildman–Crippen MR) is 59.7 cm³/mol. The van der Waals surface area contributed by atoms with Crippen molar-refractivity contribution in [3.8, 4) is 0 Å². The average Bonchev–Trinajstić information content (AvgIpc) is 2.13. The molecule has 1 aromatic heterocycles. The van der Waals surface area contributed by atoms with Crippen molar-refractivity contribution >= 4 is 16.0 Å². The van der Waals surface area contributed by atoms with Crippen LogP contribution in [-0.2, 0) is 14.8 Å². The summed E-state index contributed by atoms with van der Waals surface area (Å²) in [5.41, 5.74) is -1.91. The Labute approximate surface area is 101 Å². The second-order valence-corrected chi connectivity index (χ2v) is 5.24. The van der Waals surface area contributed by atoms with Crippen molar-refractivity contribution in [3.63, 3.8) is 0 Å². The molecule has 0 aliphatic carbocycles. The Morgan fingerprint density at radius 2 is 2.11 bits per heavy atom. The summed E-state index contributed by atoms with van der Waals surface area (Å²) >= 11 is 0. The summed E-state index contributed by atoms with van der Waals surface area (Å²) in [6.45, 7) is 1.34. The summed E-state index contributed by atoms with van der Waals surface area (Å²) in [6, 6.07) is -0.890. The summed E-state index contributed by atoms with van der Waals surface area (Å²) < 4.78 is 25.4. The monoisotopic (exact) mass is 277 g/mol. The molecule has 100 valence electrons. The molecule has 18 heavy (non-hydrogen) atoms. The number of rotatable bonds is 5. The molecule has 9 nitrogen and oxygen atoms in total. The number of carbonyl (C=O) groups is 1. The summed E-state index contributed by atoms with van der Waals surface area (Å²) in [5, 5.41) is 8.49. The van der Waals surface area contributed by atoms with E-state index in [2.05, 4.69) is 0 Å². The minimum atomic E-state index is -4.18. The van der Waals surface area contributed by atoms with Crippen LogP contribution in [0.4, 0.5) is 0 Å². The summed E-state index contributed by atoms with van der Waals surface area (Å²) in [7, 11) is -4.18. The molecule has 0 aliphatic rings. The van der Waals surface area contributed by atoms with Crippen molar-refractivity contribution < 1.29 is 18.3 Å². The zero-order valence-electron chi connectivity index (χ0n) is 9.26. The smallest absolute Gasteiger partial charge is 0.325 e. The summed E-state index contributed by atoms with van der Waals surface area (Å²) in [6.07, 6.45) is 0.317. The van der Waals surface area contributed by atoms with Crippen molar-refractivity contribution in [2.45, 2.75) is 24.3 Å². The number of sulfonamides is 1. The lowest BCUT2D eigenvalue weighted by molar-refractivity contribution is -0.137. The Morgan fingerprint density at radius 3 is 2.61 bits per heavy atom. The van der Waals surface area contributed by atoms with E-state index >= 15 is 0 Å². The minimum absolute atomic E-state index is 0.430. The number of aliphatic carboxylic acids is 1. The van der Waals surface area contributed by atoms with Crippen LogP contribution in [-0.4, -0.2) is 35.5 Å². The molecule has 4 N–H and O–H groups in total. The third kappa shape index (κ3) is 3.53. The van der Waals surface area contributed by atoms with Crippen LogP contribution in [0.3, 0.4) is 0 Å². The number of carboxylic acid groups (broad SMARTS) is 1. The highest BCUT2D eigenvalue weighted by Gasteiger charge is 2.22. The zero-order valence-corrected chi connectivity index (χ0v) is 10.1. The minimum Gasteiger partial charge on any atom is -0.481 e.